The van der Waals surface area contributed by atoms with E-state index in [0.29, 0.717) is 52.1 Å². The highest BCUT2D eigenvalue weighted by Crippen LogP contribution is 2.11. The molecule has 0 aliphatic rings. The summed E-state index contributed by atoms with van der Waals surface area (Å²) >= 11 is 0. The maximum absolute atomic E-state index is 11.8. The number of hydrogen-bond acceptors (Lipinski definition) is 8. The average Bonchev–Trinajstić information content (AvgIpc) is 2.63. The third kappa shape index (κ3) is 14.9. The van der Waals surface area contributed by atoms with Crippen LogP contribution in [0.3, 0.4) is 0 Å². The van der Waals surface area contributed by atoms with Crippen LogP contribution in [0, 0.1) is 0 Å². The monoisotopic (exact) mass is 394 g/mol. The Morgan fingerprint density at radius 2 is 1.11 bits per heavy atom. The van der Waals surface area contributed by atoms with Gasteiger partial charge in [0, 0.05) is 39.3 Å². The summed E-state index contributed by atoms with van der Waals surface area (Å²) in [6.45, 7) is 9.48. The summed E-state index contributed by atoms with van der Waals surface area (Å²) in [7, 11) is 0. The van der Waals surface area contributed by atoms with E-state index >= 15 is 0 Å². The fourth-order valence-electron chi connectivity index (χ4n) is 2.46. The summed E-state index contributed by atoms with van der Waals surface area (Å²) in [6.07, 6.45) is -0.732. The van der Waals surface area contributed by atoms with Crippen LogP contribution in [0.25, 0.3) is 0 Å². The van der Waals surface area contributed by atoms with Crippen LogP contribution >= 0.6 is 0 Å². The molecule has 0 aromatic rings. The van der Waals surface area contributed by atoms with Crippen molar-refractivity contribution in [3.05, 3.63) is 0 Å². The molecular weight excluding hydrogens is 356 g/mol. The number of aliphatic hydroxyl groups excluding tert-OH is 2. The first-order valence-electron chi connectivity index (χ1n) is 9.94. The molecule has 0 aromatic heterocycles. The van der Waals surface area contributed by atoms with E-state index in [1.54, 1.807) is 0 Å². The zero-order chi connectivity index (χ0) is 20.5. The zero-order valence-corrected chi connectivity index (χ0v) is 17.2. The predicted molar refractivity (Wildman–Crippen MR) is 100 cm³/mol. The summed E-state index contributed by atoms with van der Waals surface area (Å²) < 4.78 is 26.6. The lowest BCUT2D eigenvalue weighted by molar-refractivity contribution is -0.154. The molecule has 8 heteroatoms. The van der Waals surface area contributed by atoms with E-state index in [1.807, 2.05) is 27.7 Å². The Hall–Kier alpha value is -0.770. The maximum atomic E-state index is 11.8. The number of aliphatic hydroxyl groups is 2. The van der Waals surface area contributed by atoms with Gasteiger partial charge in [-0.1, -0.05) is 0 Å². The van der Waals surface area contributed by atoms with Crippen molar-refractivity contribution < 1.29 is 38.7 Å². The lowest BCUT2D eigenvalue weighted by Crippen LogP contribution is -2.25. The van der Waals surface area contributed by atoms with E-state index in [1.165, 1.54) is 0 Å². The second-order valence-corrected chi connectivity index (χ2v) is 6.03. The van der Waals surface area contributed by atoms with Gasteiger partial charge in [0.05, 0.1) is 18.6 Å². The predicted octanol–water partition coefficient (Wildman–Crippen LogP) is 2.00. The molecule has 0 heterocycles. The number of hydrogen-bond donors (Lipinski definition) is 2. The van der Waals surface area contributed by atoms with Gasteiger partial charge in [-0.05, 0) is 40.5 Å². The molecule has 0 saturated heterocycles. The first kappa shape index (κ1) is 26.2. The van der Waals surface area contributed by atoms with Gasteiger partial charge < -0.3 is 33.9 Å². The van der Waals surface area contributed by atoms with E-state index in [2.05, 4.69) is 0 Å². The third-order valence-corrected chi connectivity index (χ3v) is 3.72. The molecule has 0 saturated carbocycles. The van der Waals surface area contributed by atoms with E-state index in [4.69, 9.17) is 23.7 Å². The van der Waals surface area contributed by atoms with Crippen molar-refractivity contribution in [1.82, 2.24) is 0 Å². The largest absolute Gasteiger partial charge is 0.463 e. The first-order valence-corrected chi connectivity index (χ1v) is 9.94. The second kappa shape index (κ2) is 17.3. The first-order chi connectivity index (χ1) is 13.0. The Bertz CT molecular complexity index is 341. The van der Waals surface area contributed by atoms with Crippen LogP contribution < -0.4 is 0 Å². The lowest BCUT2D eigenvalue weighted by Gasteiger charge is -2.19. The van der Waals surface area contributed by atoms with E-state index < -0.39 is 18.2 Å². The van der Waals surface area contributed by atoms with Crippen molar-refractivity contribution in [3.8, 4) is 0 Å². The van der Waals surface area contributed by atoms with E-state index in [-0.39, 0.29) is 25.6 Å². The molecule has 0 bridgehead atoms. The molecule has 0 aromatic carbocycles. The van der Waals surface area contributed by atoms with Crippen LogP contribution in [0.1, 0.15) is 59.8 Å². The molecule has 0 amide bonds. The number of ether oxygens (including phenoxy) is 5. The highest BCUT2D eigenvalue weighted by molar-refractivity contribution is 5.69. The van der Waals surface area contributed by atoms with Crippen molar-refractivity contribution in [1.29, 1.82) is 0 Å². The second-order valence-electron chi connectivity index (χ2n) is 6.03. The van der Waals surface area contributed by atoms with Crippen molar-refractivity contribution in [3.63, 3.8) is 0 Å². The van der Waals surface area contributed by atoms with Crippen LogP contribution in [0.15, 0.2) is 0 Å². The van der Waals surface area contributed by atoms with E-state index in [9.17, 15) is 15.0 Å². The average molecular weight is 395 g/mol. The SMILES string of the molecule is CCOC(CC[C@@H](O)COC(=O)C[C@H](O)CCC(OCC)OCC)OCC. The molecule has 0 aliphatic carbocycles. The molecule has 0 radical (unpaired) electrons. The fourth-order valence-corrected chi connectivity index (χ4v) is 2.46. The van der Waals surface area contributed by atoms with Gasteiger partial charge in [-0.3, -0.25) is 4.79 Å². The summed E-state index contributed by atoms with van der Waals surface area (Å²) in [6, 6.07) is 0. The van der Waals surface area contributed by atoms with Crippen LogP contribution in [0.2, 0.25) is 0 Å². The molecule has 2 N–H and O–H groups in total. The zero-order valence-electron chi connectivity index (χ0n) is 17.2. The number of carbonyl (C=O) groups excluding carboxylic acids is 1. The molecule has 0 aliphatic heterocycles. The number of carbonyl (C=O) groups is 1. The minimum absolute atomic E-state index is 0.114. The van der Waals surface area contributed by atoms with Gasteiger partial charge in [0.15, 0.2) is 12.6 Å². The highest BCUT2D eigenvalue weighted by atomic mass is 16.7. The van der Waals surface area contributed by atoms with Gasteiger partial charge in [0.25, 0.3) is 0 Å². The van der Waals surface area contributed by atoms with Crippen LogP contribution in [-0.4, -0.2) is 74.0 Å². The standard InChI is InChI=1S/C19H38O8/c1-5-23-18(24-6-2)11-9-15(20)13-17(22)27-14-16(21)10-12-19(25-7-3)26-8-4/h15-16,18-21H,5-14H2,1-4H3/t15-,16-/m1/s1. The molecule has 0 unspecified atom stereocenters. The van der Waals surface area contributed by atoms with Gasteiger partial charge in [-0.2, -0.15) is 0 Å². The minimum atomic E-state index is -0.835. The molecule has 162 valence electrons. The topological polar surface area (TPSA) is 104 Å². The van der Waals surface area contributed by atoms with E-state index in [0.717, 1.165) is 0 Å². The summed E-state index contributed by atoms with van der Waals surface area (Å²) in [4.78, 5) is 11.8. The normalized spacial score (nSPS) is 13.9. The Morgan fingerprint density at radius 1 is 0.704 bits per heavy atom. The van der Waals surface area contributed by atoms with Crippen molar-refractivity contribution in [2.24, 2.45) is 0 Å². The van der Waals surface area contributed by atoms with Crippen molar-refractivity contribution >= 4 is 5.97 Å². The Labute approximate surface area is 163 Å². The maximum Gasteiger partial charge on any atom is 0.308 e. The van der Waals surface area contributed by atoms with Crippen molar-refractivity contribution in [2.75, 3.05) is 33.0 Å². The van der Waals surface area contributed by atoms with Gasteiger partial charge in [-0.25, -0.2) is 0 Å². The smallest absolute Gasteiger partial charge is 0.308 e. The molecular formula is C19H38O8. The highest BCUT2D eigenvalue weighted by Gasteiger charge is 2.18. The quantitative estimate of drug-likeness (QED) is 0.269. The van der Waals surface area contributed by atoms with Crippen LogP contribution in [0.5, 0.6) is 0 Å². The van der Waals surface area contributed by atoms with Crippen molar-refractivity contribution in [2.45, 2.75) is 84.6 Å². The van der Waals surface area contributed by atoms with Gasteiger partial charge in [0.2, 0.25) is 0 Å². The van der Waals surface area contributed by atoms with Gasteiger partial charge in [0.1, 0.15) is 6.61 Å². The molecule has 27 heavy (non-hydrogen) atoms. The Morgan fingerprint density at radius 3 is 1.52 bits per heavy atom. The number of esters is 1. The fraction of sp³-hybridized carbons (Fsp3) is 0.947. The molecule has 0 fully saturated rings. The minimum Gasteiger partial charge on any atom is -0.463 e. The van der Waals surface area contributed by atoms with Gasteiger partial charge >= 0.3 is 5.97 Å². The molecule has 8 nitrogen and oxygen atoms in total. The Balaban J connectivity index is 3.98. The van der Waals surface area contributed by atoms with Gasteiger partial charge in [-0.15, -0.1) is 0 Å². The lowest BCUT2D eigenvalue weighted by atomic mass is 10.1. The van der Waals surface area contributed by atoms with Crippen LogP contribution in [0.4, 0.5) is 0 Å². The molecule has 0 rings (SSSR count). The number of rotatable bonds is 18. The third-order valence-electron chi connectivity index (χ3n) is 3.72. The summed E-state index contributed by atoms with van der Waals surface area (Å²) in [5.41, 5.74) is 0. The Kier molecular flexibility index (Phi) is 16.8. The van der Waals surface area contributed by atoms with Crippen LogP contribution in [-0.2, 0) is 28.5 Å². The summed E-state index contributed by atoms with van der Waals surface area (Å²) in [5, 5.41) is 19.9. The molecule has 2 atom stereocenters. The molecule has 0 spiro atoms. The summed E-state index contributed by atoms with van der Waals surface area (Å²) in [5.74, 6) is -0.544.